The Balaban J connectivity index is 1.61. The fourth-order valence-corrected chi connectivity index (χ4v) is 4.28. The van der Waals surface area contributed by atoms with Gasteiger partial charge in [0.05, 0.1) is 25.2 Å². The molecular weight excluding hydrogens is 468 g/mol. The lowest BCUT2D eigenvalue weighted by atomic mass is 9.83. The van der Waals surface area contributed by atoms with E-state index in [1.807, 2.05) is 24.3 Å². The largest absolute Gasteiger partial charge is 0.493 e. The van der Waals surface area contributed by atoms with Crippen LogP contribution in [0.15, 0.2) is 78.2 Å². The third-order valence-corrected chi connectivity index (χ3v) is 6.19. The van der Waals surface area contributed by atoms with E-state index in [2.05, 4.69) is 13.0 Å². The molecule has 190 valence electrons. The van der Waals surface area contributed by atoms with Crippen LogP contribution in [0.5, 0.6) is 23.0 Å². The fourth-order valence-electron chi connectivity index (χ4n) is 4.28. The smallest absolute Gasteiger partial charge is 0.343 e. The monoisotopic (exact) mass is 498 g/mol. The Morgan fingerprint density at radius 1 is 1.03 bits per heavy atom. The molecular formula is C30H30N2O5. The van der Waals surface area contributed by atoms with Gasteiger partial charge in [0.1, 0.15) is 23.1 Å². The molecule has 0 fully saturated rings. The second-order valence-corrected chi connectivity index (χ2v) is 8.70. The highest BCUT2D eigenvalue weighted by Gasteiger charge is 2.31. The first-order valence-corrected chi connectivity index (χ1v) is 12.3. The first-order valence-electron chi connectivity index (χ1n) is 12.3. The number of nitrogens with two attached hydrogens (primary N) is 1. The van der Waals surface area contributed by atoms with Crippen molar-refractivity contribution in [1.82, 2.24) is 0 Å². The van der Waals surface area contributed by atoms with Crippen LogP contribution in [0.3, 0.4) is 0 Å². The second kappa shape index (κ2) is 12.0. The van der Waals surface area contributed by atoms with Crippen LogP contribution in [0, 0.1) is 11.3 Å². The minimum absolute atomic E-state index is 0.00162. The number of hydrogen-bond donors (Lipinski definition) is 1. The first kappa shape index (κ1) is 25.6. The van der Waals surface area contributed by atoms with Crippen molar-refractivity contribution < 1.29 is 23.7 Å². The molecule has 0 saturated heterocycles. The maximum Gasteiger partial charge on any atom is 0.343 e. The van der Waals surface area contributed by atoms with Gasteiger partial charge in [-0.05, 0) is 42.3 Å². The molecule has 3 aromatic rings. The van der Waals surface area contributed by atoms with E-state index < -0.39 is 11.9 Å². The summed E-state index contributed by atoms with van der Waals surface area (Å²) in [5.41, 5.74) is 8.40. The lowest BCUT2D eigenvalue weighted by molar-refractivity contribution is 0.0734. The summed E-state index contributed by atoms with van der Waals surface area (Å²) in [5.74, 6) is 0.976. The van der Waals surface area contributed by atoms with Crippen LogP contribution in [-0.4, -0.2) is 19.7 Å². The van der Waals surface area contributed by atoms with E-state index in [4.69, 9.17) is 24.7 Å². The first-order chi connectivity index (χ1) is 18.0. The van der Waals surface area contributed by atoms with Gasteiger partial charge in [0.15, 0.2) is 11.5 Å². The molecule has 1 unspecified atom stereocenters. The van der Waals surface area contributed by atoms with E-state index >= 15 is 0 Å². The van der Waals surface area contributed by atoms with Crippen LogP contribution in [0.2, 0.25) is 0 Å². The van der Waals surface area contributed by atoms with E-state index in [0.717, 1.165) is 24.0 Å². The third kappa shape index (κ3) is 5.87. The molecule has 0 saturated carbocycles. The van der Waals surface area contributed by atoms with Crippen molar-refractivity contribution in [1.29, 1.82) is 5.26 Å². The summed E-state index contributed by atoms with van der Waals surface area (Å²) in [6, 6.07) is 21.6. The van der Waals surface area contributed by atoms with Gasteiger partial charge in [-0.25, -0.2) is 4.79 Å². The number of nitrogens with zero attached hydrogens (tertiary/aromatic N) is 1. The van der Waals surface area contributed by atoms with E-state index in [9.17, 15) is 10.1 Å². The van der Waals surface area contributed by atoms with Gasteiger partial charge in [0.25, 0.3) is 0 Å². The van der Waals surface area contributed by atoms with Crippen LogP contribution in [0.4, 0.5) is 0 Å². The minimum Gasteiger partial charge on any atom is -0.493 e. The van der Waals surface area contributed by atoms with Gasteiger partial charge in [-0.15, -0.1) is 0 Å². The summed E-state index contributed by atoms with van der Waals surface area (Å²) < 4.78 is 22.9. The summed E-state index contributed by atoms with van der Waals surface area (Å²) in [4.78, 5) is 12.5. The van der Waals surface area contributed by atoms with Crippen molar-refractivity contribution in [2.45, 2.75) is 38.5 Å². The highest BCUT2D eigenvalue weighted by atomic mass is 16.5. The normalized spacial score (nSPS) is 14.2. The van der Waals surface area contributed by atoms with E-state index in [1.165, 1.54) is 12.8 Å². The van der Waals surface area contributed by atoms with Crippen molar-refractivity contribution in [3.05, 3.63) is 94.9 Å². The molecule has 2 N–H and O–H groups in total. The average molecular weight is 499 g/mol. The quantitative estimate of drug-likeness (QED) is 0.205. The number of unbranched alkanes of at least 4 members (excludes halogenated alkanes) is 3. The molecule has 1 aliphatic rings. The fraction of sp³-hybridized carbons (Fsp3) is 0.267. The van der Waals surface area contributed by atoms with E-state index in [-0.39, 0.29) is 11.5 Å². The van der Waals surface area contributed by atoms with Crippen LogP contribution >= 0.6 is 0 Å². The number of methoxy groups -OCH3 is 1. The lowest BCUT2D eigenvalue weighted by Gasteiger charge is -2.27. The molecule has 1 aliphatic heterocycles. The number of hydrogen-bond acceptors (Lipinski definition) is 7. The average Bonchev–Trinajstić information content (AvgIpc) is 2.92. The number of allylic oxidation sites excluding steroid dienone is 1. The molecule has 0 bridgehead atoms. The topological polar surface area (TPSA) is 104 Å². The molecule has 0 aromatic heterocycles. The molecule has 37 heavy (non-hydrogen) atoms. The van der Waals surface area contributed by atoms with Crippen molar-refractivity contribution in [2.24, 2.45) is 5.73 Å². The number of ether oxygens (including phenoxy) is 4. The zero-order chi connectivity index (χ0) is 26.2. The number of carbonyl (C=O) groups excluding carboxylic acids is 1. The van der Waals surface area contributed by atoms with Gasteiger partial charge >= 0.3 is 5.97 Å². The number of nitriles is 1. The Hall–Kier alpha value is -4.44. The Kier molecular flexibility index (Phi) is 8.32. The maximum absolute atomic E-state index is 12.5. The number of fused-ring (bicyclic) bond motifs is 1. The van der Waals surface area contributed by atoms with Crippen LogP contribution in [-0.2, 0) is 0 Å². The van der Waals surface area contributed by atoms with Crippen molar-refractivity contribution >= 4 is 5.97 Å². The summed E-state index contributed by atoms with van der Waals surface area (Å²) in [5, 5.41) is 9.89. The van der Waals surface area contributed by atoms with Gasteiger partial charge in [-0.1, -0.05) is 56.5 Å². The lowest BCUT2D eigenvalue weighted by Crippen LogP contribution is -2.21. The highest BCUT2D eigenvalue weighted by molar-refractivity contribution is 5.91. The Morgan fingerprint density at radius 3 is 2.57 bits per heavy atom. The molecule has 1 atom stereocenters. The summed E-state index contributed by atoms with van der Waals surface area (Å²) in [6.07, 6.45) is 4.44. The van der Waals surface area contributed by atoms with Crippen molar-refractivity contribution in [2.75, 3.05) is 13.7 Å². The van der Waals surface area contributed by atoms with Crippen molar-refractivity contribution in [3.8, 4) is 29.1 Å². The summed E-state index contributed by atoms with van der Waals surface area (Å²) in [6.45, 7) is 2.78. The third-order valence-electron chi connectivity index (χ3n) is 6.19. The van der Waals surface area contributed by atoms with Gasteiger partial charge in [-0.2, -0.15) is 5.26 Å². The highest BCUT2D eigenvalue weighted by Crippen LogP contribution is 2.45. The standard InChI is InChI=1S/C30H30N2O5/c1-3-4-5-9-16-35-25-15-12-21(17-27(25)34-2)28-23-14-13-22(18-26(23)37-29(32)24(28)19-31)36-30(33)20-10-7-6-8-11-20/h6-8,10-15,17-18,28H,3-5,9,16,32H2,1-2H3. The molecule has 1 heterocycles. The second-order valence-electron chi connectivity index (χ2n) is 8.70. The molecule has 0 radical (unpaired) electrons. The zero-order valence-electron chi connectivity index (χ0n) is 21.0. The summed E-state index contributed by atoms with van der Waals surface area (Å²) >= 11 is 0. The number of carbonyl (C=O) groups is 1. The van der Waals surface area contributed by atoms with E-state index in [0.29, 0.717) is 35.2 Å². The van der Waals surface area contributed by atoms with Gasteiger partial charge < -0.3 is 24.7 Å². The molecule has 3 aromatic carbocycles. The molecule has 0 amide bonds. The number of benzene rings is 3. The van der Waals surface area contributed by atoms with Gasteiger partial charge in [-0.3, -0.25) is 0 Å². The van der Waals surface area contributed by atoms with Crippen molar-refractivity contribution in [3.63, 3.8) is 0 Å². The zero-order valence-corrected chi connectivity index (χ0v) is 21.0. The predicted molar refractivity (Wildman–Crippen MR) is 140 cm³/mol. The van der Waals surface area contributed by atoms with Gasteiger partial charge in [0.2, 0.25) is 5.88 Å². The SMILES string of the molecule is CCCCCCOc1ccc(C2C(C#N)=C(N)Oc3cc(OC(=O)c4ccccc4)ccc32)cc1OC. The molecule has 7 nitrogen and oxygen atoms in total. The van der Waals surface area contributed by atoms with E-state index in [1.54, 1.807) is 49.6 Å². The van der Waals surface area contributed by atoms with Crippen LogP contribution in [0.1, 0.15) is 60.0 Å². The summed E-state index contributed by atoms with van der Waals surface area (Å²) in [7, 11) is 1.59. The molecule has 0 spiro atoms. The Morgan fingerprint density at radius 2 is 1.84 bits per heavy atom. The maximum atomic E-state index is 12.5. The minimum atomic E-state index is -0.486. The molecule has 7 heteroatoms. The molecule has 0 aliphatic carbocycles. The predicted octanol–water partition coefficient (Wildman–Crippen LogP) is 6.09. The Labute approximate surface area is 217 Å². The van der Waals surface area contributed by atoms with Crippen LogP contribution in [0.25, 0.3) is 0 Å². The number of esters is 1. The molecule has 4 rings (SSSR count). The van der Waals surface area contributed by atoms with Crippen LogP contribution < -0.4 is 24.7 Å². The Bertz CT molecular complexity index is 1330. The van der Waals surface area contributed by atoms with Gasteiger partial charge in [0, 0.05) is 11.6 Å². The number of rotatable bonds is 10.